The molecule has 1 atom stereocenters. The lowest BCUT2D eigenvalue weighted by molar-refractivity contribution is 0.179. The van der Waals surface area contributed by atoms with Crippen LogP contribution in [0.2, 0.25) is 0 Å². The van der Waals surface area contributed by atoms with Gasteiger partial charge in [-0.3, -0.25) is 0 Å². The fourth-order valence-corrected chi connectivity index (χ4v) is 2.76. The molecule has 1 aromatic carbocycles. The Kier molecular flexibility index (Phi) is 4.16. The number of para-hydroxylation sites is 1. The average molecular weight is 262 g/mol. The number of hydrogen-bond acceptors (Lipinski definition) is 3. The predicted molar refractivity (Wildman–Crippen MR) is 80.8 cm³/mol. The first-order chi connectivity index (χ1) is 8.89. The van der Waals surface area contributed by atoms with Crippen molar-refractivity contribution in [1.29, 1.82) is 0 Å². The van der Waals surface area contributed by atoms with Crippen LogP contribution < -0.4 is 10.2 Å². The second-order valence-corrected chi connectivity index (χ2v) is 6.51. The summed E-state index contributed by atoms with van der Waals surface area (Å²) in [5.74, 6) is 0.493. The molecule has 1 heterocycles. The molecule has 0 bridgehead atoms. The Balaban J connectivity index is 2.33. The summed E-state index contributed by atoms with van der Waals surface area (Å²) < 4.78 is 0. The molecule has 19 heavy (non-hydrogen) atoms. The van der Waals surface area contributed by atoms with E-state index in [1.165, 1.54) is 11.3 Å². The summed E-state index contributed by atoms with van der Waals surface area (Å²) in [6.07, 6.45) is -0.318. The Bertz CT molecular complexity index is 429. The molecule has 1 unspecified atom stereocenters. The molecule has 3 nitrogen and oxygen atoms in total. The van der Waals surface area contributed by atoms with E-state index in [1.54, 1.807) is 0 Å². The van der Waals surface area contributed by atoms with Gasteiger partial charge in [-0.1, -0.05) is 32.0 Å². The minimum absolute atomic E-state index is 0.0154. The third-order valence-corrected chi connectivity index (χ3v) is 3.73. The third-order valence-electron chi connectivity index (χ3n) is 3.73. The van der Waals surface area contributed by atoms with Gasteiger partial charge in [0.05, 0.1) is 6.10 Å². The van der Waals surface area contributed by atoms with Gasteiger partial charge in [0.2, 0.25) is 0 Å². The van der Waals surface area contributed by atoms with Crippen LogP contribution >= 0.6 is 0 Å². The van der Waals surface area contributed by atoms with Crippen LogP contribution in [0.15, 0.2) is 24.3 Å². The molecule has 1 aromatic rings. The van der Waals surface area contributed by atoms with Crippen LogP contribution in [0.4, 0.5) is 5.69 Å². The molecule has 0 aromatic heterocycles. The van der Waals surface area contributed by atoms with E-state index in [4.69, 9.17) is 0 Å². The highest BCUT2D eigenvalue weighted by molar-refractivity contribution is 5.55. The van der Waals surface area contributed by atoms with Gasteiger partial charge in [-0.05, 0) is 31.4 Å². The summed E-state index contributed by atoms with van der Waals surface area (Å²) in [6.45, 7) is 11.1. The molecule has 106 valence electrons. The molecule has 0 amide bonds. The van der Waals surface area contributed by atoms with Crippen molar-refractivity contribution in [2.45, 2.75) is 45.3 Å². The summed E-state index contributed by atoms with van der Waals surface area (Å²) in [6, 6.07) is 8.54. The molecule has 3 heteroatoms. The monoisotopic (exact) mass is 262 g/mol. The standard InChI is InChI=1S/C16H26N2O/c1-12(2)14-7-5-6-8-15(14)18-10-13(19)9-17-16(3,4)11-18/h5-8,12-13,17,19H,9-11H2,1-4H3. The quantitative estimate of drug-likeness (QED) is 0.859. The SMILES string of the molecule is CC(C)c1ccccc1N1CC(O)CNC(C)(C)C1. The van der Waals surface area contributed by atoms with Gasteiger partial charge >= 0.3 is 0 Å². The first-order valence-corrected chi connectivity index (χ1v) is 7.16. The average Bonchev–Trinajstić information content (AvgIpc) is 2.48. The van der Waals surface area contributed by atoms with Gasteiger partial charge in [-0.15, -0.1) is 0 Å². The van der Waals surface area contributed by atoms with E-state index in [-0.39, 0.29) is 11.6 Å². The molecule has 1 aliphatic heterocycles. The zero-order chi connectivity index (χ0) is 14.0. The minimum Gasteiger partial charge on any atom is -0.390 e. The number of aliphatic hydroxyl groups excluding tert-OH is 1. The maximum atomic E-state index is 10.1. The summed E-state index contributed by atoms with van der Waals surface area (Å²) in [4.78, 5) is 2.32. The predicted octanol–water partition coefficient (Wildman–Crippen LogP) is 2.36. The number of nitrogens with one attached hydrogen (secondary N) is 1. The van der Waals surface area contributed by atoms with Gasteiger partial charge in [-0.25, -0.2) is 0 Å². The molecule has 0 aliphatic carbocycles. The van der Waals surface area contributed by atoms with Crippen molar-refractivity contribution in [3.05, 3.63) is 29.8 Å². The van der Waals surface area contributed by atoms with Gasteiger partial charge in [0, 0.05) is 30.9 Å². The highest BCUT2D eigenvalue weighted by Gasteiger charge is 2.28. The first kappa shape index (κ1) is 14.4. The molecule has 1 fully saturated rings. The maximum Gasteiger partial charge on any atom is 0.0839 e. The number of hydrogen-bond donors (Lipinski definition) is 2. The zero-order valence-electron chi connectivity index (χ0n) is 12.5. The topological polar surface area (TPSA) is 35.5 Å². The lowest BCUT2D eigenvalue weighted by Gasteiger charge is -2.33. The van der Waals surface area contributed by atoms with E-state index < -0.39 is 0 Å². The lowest BCUT2D eigenvalue weighted by atomic mass is 9.99. The minimum atomic E-state index is -0.318. The van der Waals surface area contributed by atoms with Crippen LogP contribution in [-0.2, 0) is 0 Å². The van der Waals surface area contributed by atoms with E-state index >= 15 is 0 Å². The van der Waals surface area contributed by atoms with Crippen LogP contribution in [0, 0.1) is 0 Å². The fraction of sp³-hybridized carbons (Fsp3) is 0.625. The summed E-state index contributed by atoms with van der Waals surface area (Å²) in [7, 11) is 0. The second-order valence-electron chi connectivity index (χ2n) is 6.51. The Morgan fingerprint density at radius 1 is 1.32 bits per heavy atom. The molecule has 0 saturated carbocycles. The van der Waals surface area contributed by atoms with Gasteiger partial charge in [0.15, 0.2) is 0 Å². The maximum absolute atomic E-state index is 10.1. The molecule has 1 saturated heterocycles. The van der Waals surface area contributed by atoms with E-state index in [9.17, 15) is 5.11 Å². The Labute approximate surface area is 116 Å². The summed E-state index contributed by atoms with van der Waals surface area (Å²) in [5.41, 5.74) is 2.63. The Morgan fingerprint density at radius 3 is 2.68 bits per heavy atom. The van der Waals surface area contributed by atoms with Gasteiger partial charge in [0.25, 0.3) is 0 Å². The van der Waals surface area contributed by atoms with Crippen LogP contribution in [0.25, 0.3) is 0 Å². The Hall–Kier alpha value is -1.06. The van der Waals surface area contributed by atoms with E-state index in [2.05, 4.69) is 62.2 Å². The molecule has 0 radical (unpaired) electrons. The molecule has 1 aliphatic rings. The van der Waals surface area contributed by atoms with Gasteiger partial charge < -0.3 is 15.3 Å². The van der Waals surface area contributed by atoms with Crippen molar-refractivity contribution in [3.63, 3.8) is 0 Å². The van der Waals surface area contributed by atoms with Crippen molar-refractivity contribution >= 4 is 5.69 Å². The Morgan fingerprint density at radius 2 is 2.00 bits per heavy atom. The number of aliphatic hydroxyl groups is 1. The molecule has 2 N–H and O–H groups in total. The number of β-amino-alcohol motifs (C(OH)–C–C–N with tert-alkyl or cyclic N) is 1. The zero-order valence-corrected chi connectivity index (χ0v) is 12.5. The second kappa shape index (κ2) is 5.51. The molecule has 2 rings (SSSR count). The van der Waals surface area contributed by atoms with Crippen LogP contribution in [-0.4, -0.2) is 36.4 Å². The number of nitrogens with zero attached hydrogens (tertiary/aromatic N) is 1. The van der Waals surface area contributed by atoms with Crippen molar-refractivity contribution < 1.29 is 5.11 Å². The number of anilines is 1. The molecular weight excluding hydrogens is 236 g/mol. The van der Waals surface area contributed by atoms with Crippen molar-refractivity contribution in [1.82, 2.24) is 5.32 Å². The first-order valence-electron chi connectivity index (χ1n) is 7.16. The molecular formula is C16H26N2O. The van der Waals surface area contributed by atoms with E-state index in [1.807, 2.05) is 0 Å². The van der Waals surface area contributed by atoms with Crippen LogP contribution in [0.5, 0.6) is 0 Å². The van der Waals surface area contributed by atoms with Crippen molar-refractivity contribution in [2.75, 3.05) is 24.5 Å². The van der Waals surface area contributed by atoms with Gasteiger partial charge in [-0.2, -0.15) is 0 Å². The van der Waals surface area contributed by atoms with E-state index in [0.29, 0.717) is 19.0 Å². The number of benzene rings is 1. The van der Waals surface area contributed by atoms with Crippen molar-refractivity contribution in [3.8, 4) is 0 Å². The highest BCUT2D eigenvalue weighted by Crippen LogP contribution is 2.29. The van der Waals surface area contributed by atoms with Crippen LogP contribution in [0.3, 0.4) is 0 Å². The largest absolute Gasteiger partial charge is 0.390 e. The third kappa shape index (κ3) is 3.48. The van der Waals surface area contributed by atoms with E-state index in [0.717, 1.165) is 6.54 Å². The lowest BCUT2D eigenvalue weighted by Crippen LogP contribution is -2.46. The molecule has 0 spiro atoms. The van der Waals surface area contributed by atoms with Crippen LogP contribution in [0.1, 0.15) is 39.2 Å². The highest BCUT2D eigenvalue weighted by atomic mass is 16.3. The fourth-order valence-electron chi connectivity index (χ4n) is 2.76. The number of rotatable bonds is 2. The van der Waals surface area contributed by atoms with Crippen molar-refractivity contribution in [2.24, 2.45) is 0 Å². The van der Waals surface area contributed by atoms with Gasteiger partial charge in [0.1, 0.15) is 0 Å². The summed E-state index contributed by atoms with van der Waals surface area (Å²) in [5, 5.41) is 13.5. The summed E-state index contributed by atoms with van der Waals surface area (Å²) >= 11 is 0. The smallest absolute Gasteiger partial charge is 0.0839 e. The normalized spacial score (nSPS) is 23.5.